The lowest BCUT2D eigenvalue weighted by Crippen LogP contribution is -2.13. The van der Waals surface area contributed by atoms with Gasteiger partial charge in [0.25, 0.3) is 0 Å². The number of benzene rings is 1. The van der Waals surface area contributed by atoms with Crippen LogP contribution in [0.25, 0.3) is 0 Å². The van der Waals surface area contributed by atoms with Gasteiger partial charge in [-0.2, -0.15) is 0 Å². The van der Waals surface area contributed by atoms with Crippen LogP contribution in [0.5, 0.6) is 5.75 Å². The number of ether oxygens (including phenoxy) is 1. The number of methoxy groups -OCH3 is 1. The number of rotatable bonds is 4. The number of hydrogen-bond donors (Lipinski definition) is 1. The summed E-state index contributed by atoms with van der Waals surface area (Å²) in [5, 5.41) is 0. The Morgan fingerprint density at radius 1 is 1.50 bits per heavy atom. The minimum Gasteiger partial charge on any atom is -0.494 e. The summed E-state index contributed by atoms with van der Waals surface area (Å²) in [6.45, 7) is -0.558. The van der Waals surface area contributed by atoms with Crippen molar-refractivity contribution in [3.05, 3.63) is 29.6 Å². The zero-order valence-corrected chi connectivity index (χ0v) is 7.97. The Labute approximate surface area is 81.7 Å². The fraction of sp³-hybridized carbons (Fsp3) is 0.400. The predicted octanol–water partition coefficient (Wildman–Crippen LogP) is 2.19. The van der Waals surface area contributed by atoms with Gasteiger partial charge in [0, 0.05) is 11.6 Å². The van der Waals surface area contributed by atoms with E-state index in [2.05, 4.69) is 0 Å². The molecule has 0 bridgehead atoms. The topological polar surface area (TPSA) is 35.2 Å². The second-order valence-electron chi connectivity index (χ2n) is 2.95. The van der Waals surface area contributed by atoms with Gasteiger partial charge in [-0.05, 0) is 12.5 Å². The lowest BCUT2D eigenvalue weighted by Gasteiger charge is -2.12. The summed E-state index contributed by atoms with van der Waals surface area (Å²) in [7, 11) is 1.38. The lowest BCUT2D eigenvalue weighted by atomic mass is 10.0. The average Bonchev–Trinajstić information content (AvgIpc) is 2.18. The smallest absolute Gasteiger partial charge is 0.169 e. The molecule has 0 heterocycles. The molecule has 1 rings (SSSR count). The summed E-state index contributed by atoms with van der Waals surface area (Å²) in [5.74, 6) is -0.368. The number of halogens is 2. The van der Waals surface area contributed by atoms with Gasteiger partial charge >= 0.3 is 0 Å². The molecule has 0 saturated carbocycles. The molecule has 0 radical (unpaired) electrons. The maximum atomic E-state index is 13.5. The SMILES string of the molecule is COc1cccc([C@@H](N)CCF)c1F. The predicted molar refractivity (Wildman–Crippen MR) is 50.5 cm³/mol. The molecule has 0 amide bonds. The first-order chi connectivity index (χ1) is 6.70. The highest BCUT2D eigenvalue weighted by Crippen LogP contribution is 2.25. The van der Waals surface area contributed by atoms with E-state index in [9.17, 15) is 8.78 Å². The van der Waals surface area contributed by atoms with Crippen LogP contribution in [-0.4, -0.2) is 13.8 Å². The zero-order valence-electron chi connectivity index (χ0n) is 7.97. The first kappa shape index (κ1) is 10.9. The Hall–Kier alpha value is -1.16. The number of nitrogens with two attached hydrogens (primary N) is 1. The lowest BCUT2D eigenvalue weighted by molar-refractivity contribution is 0.378. The molecule has 14 heavy (non-hydrogen) atoms. The second kappa shape index (κ2) is 4.91. The van der Waals surface area contributed by atoms with Crippen molar-refractivity contribution in [2.75, 3.05) is 13.8 Å². The third kappa shape index (κ3) is 2.20. The first-order valence-corrected chi connectivity index (χ1v) is 4.34. The van der Waals surface area contributed by atoms with E-state index in [0.29, 0.717) is 5.56 Å². The molecule has 1 aromatic carbocycles. The van der Waals surface area contributed by atoms with Gasteiger partial charge in [-0.1, -0.05) is 12.1 Å². The third-order valence-corrected chi connectivity index (χ3v) is 2.03. The van der Waals surface area contributed by atoms with Crippen LogP contribution >= 0.6 is 0 Å². The van der Waals surface area contributed by atoms with Gasteiger partial charge in [-0.15, -0.1) is 0 Å². The van der Waals surface area contributed by atoms with Crippen molar-refractivity contribution in [1.29, 1.82) is 0 Å². The molecule has 2 nitrogen and oxygen atoms in total. The molecule has 2 N–H and O–H groups in total. The van der Waals surface area contributed by atoms with Crippen LogP contribution < -0.4 is 10.5 Å². The fourth-order valence-electron chi connectivity index (χ4n) is 1.24. The van der Waals surface area contributed by atoms with Crippen molar-refractivity contribution < 1.29 is 13.5 Å². The summed E-state index contributed by atoms with van der Waals surface area (Å²) < 4.78 is 30.3. The van der Waals surface area contributed by atoms with Gasteiger partial charge in [-0.3, -0.25) is 4.39 Å². The summed E-state index contributed by atoms with van der Waals surface area (Å²) in [6, 6.07) is 4.06. The standard InChI is InChI=1S/C10H13F2NO/c1-14-9-4-2-3-7(10(9)12)8(13)5-6-11/h2-4,8H,5-6,13H2,1H3/t8-/m0/s1. The summed E-state index contributed by atoms with van der Waals surface area (Å²) >= 11 is 0. The molecule has 0 aliphatic rings. The van der Waals surface area contributed by atoms with Crippen molar-refractivity contribution >= 4 is 0 Å². The van der Waals surface area contributed by atoms with Crippen LogP contribution in [0, 0.1) is 5.82 Å². The highest BCUT2D eigenvalue weighted by molar-refractivity contribution is 5.32. The van der Waals surface area contributed by atoms with Crippen molar-refractivity contribution in [3.8, 4) is 5.75 Å². The first-order valence-electron chi connectivity index (χ1n) is 4.34. The molecule has 0 aromatic heterocycles. The zero-order chi connectivity index (χ0) is 10.6. The van der Waals surface area contributed by atoms with Gasteiger partial charge in [0.2, 0.25) is 0 Å². The van der Waals surface area contributed by atoms with E-state index in [1.165, 1.54) is 19.2 Å². The normalized spacial score (nSPS) is 12.6. The highest BCUT2D eigenvalue weighted by atomic mass is 19.1. The minimum atomic E-state index is -0.616. The van der Waals surface area contributed by atoms with E-state index < -0.39 is 18.5 Å². The summed E-state index contributed by atoms with van der Waals surface area (Å²) in [6.07, 6.45) is 0.115. The molecule has 0 spiro atoms. The second-order valence-corrected chi connectivity index (χ2v) is 2.95. The quantitative estimate of drug-likeness (QED) is 0.810. The van der Waals surface area contributed by atoms with Crippen molar-refractivity contribution in [1.82, 2.24) is 0 Å². The van der Waals surface area contributed by atoms with Crippen molar-refractivity contribution in [2.24, 2.45) is 5.73 Å². The molecular weight excluding hydrogens is 188 g/mol. The summed E-state index contributed by atoms with van der Waals surface area (Å²) in [5.41, 5.74) is 5.89. The van der Waals surface area contributed by atoms with Crippen LogP contribution in [0.1, 0.15) is 18.0 Å². The highest BCUT2D eigenvalue weighted by Gasteiger charge is 2.14. The maximum absolute atomic E-state index is 13.5. The number of alkyl halides is 1. The average molecular weight is 201 g/mol. The van der Waals surface area contributed by atoms with Gasteiger partial charge in [0.1, 0.15) is 0 Å². The van der Waals surface area contributed by atoms with Crippen LogP contribution in [0.15, 0.2) is 18.2 Å². The molecule has 4 heteroatoms. The molecule has 0 aliphatic carbocycles. The Balaban J connectivity index is 2.96. The Morgan fingerprint density at radius 2 is 2.21 bits per heavy atom. The van der Waals surface area contributed by atoms with Crippen molar-refractivity contribution in [2.45, 2.75) is 12.5 Å². The fourth-order valence-corrected chi connectivity index (χ4v) is 1.24. The van der Waals surface area contributed by atoms with E-state index >= 15 is 0 Å². The molecule has 1 aromatic rings. The Morgan fingerprint density at radius 3 is 2.79 bits per heavy atom. The van der Waals surface area contributed by atoms with Gasteiger partial charge in [0.05, 0.1) is 13.8 Å². The molecule has 0 saturated heterocycles. The molecule has 0 fully saturated rings. The van der Waals surface area contributed by atoms with Crippen LogP contribution in [0.3, 0.4) is 0 Å². The van der Waals surface area contributed by atoms with E-state index in [4.69, 9.17) is 10.5 Å². The van der Waals surface area contributed by atoms with E-state index in [1.807, 2.05) is 0 Å². The molecule has 0 aliphatic heterocycles. The van der Waals surface area contributed by atoms with Gasteiger partial charge < -0.3 is 10.5 Å². The van der Waals surface area contributed by atoms with Crippen molar-refractivity contribution in [3.63, 3.8) is 0 Å². The van der Waals surface area contributed by atoms with E-state index in [-0.39, 0.29) is 12.2 Å². The van der Waals surface area contributed by atoms with Crippen LogP contribution in [0.4, 0.5) is 8.78 Å². The molecule has 1 atom stereocenters. The largest absolute Gasteiger partial charge is 0.494 e. The molecular formula is C10H13F2NO. The van der Waals surface area contributed by atoms with E-state index in [0.717, 1.165) is 0 Å². The molecule has 0 unspecified atom stereocenters. The van der Waals surface area contributed by atoms with Gasteiger partial charge in [-0.25, -0.2) is 4.39 Å². The van der Waals surface area contributed by atoms with Crippen LogP contribution in [-0.2, 0) is 0 Å². The molecule has 78 valence electrons. The van der Waals surface area contributed by atoms with E-state index in [1.54, 1.807) is 6.07 Å². The maximum Gasteiger partial charge on any atom is 0.169 e. The monoisotopic (exact) mass is 201 g/mol. The third-order valence-electron chi connectivity index (χ3n) is 2.03. The Kier molecular flexibility index (Phi) is 3.83. The van der Waals surface area contributed by atoms with Gasteiger partial charge in [0.15, 0.2) is 11.6 Å². The number of hydrogen-bond acceptors (Lipinski definition) is 2. The minimum absolute atomic E-state index is 0.115. The summed E-state index contributed by atoms with van der Waals surface area (Å²) in [4.78, 5) is 0. The Bertz CT molecular complexity index is 304. The van der Waals surface area contributed by atoms with Crippen LogP contribution in [0.2, 0.25) is 0 Å².